The van der Waals surface area contributed by atoms with E-state index in [1.54, 1.807) is 0 Å². The highest BCUT2D eigenvalue weighted by atomic mass is 16.4. The Balaban J connectivity index is 3.10. The predicted octanol–water partition coefficient (Wildman–Crippen LogP) is 0.514. The molecule has 1 rings (SSSR count). The van der Waals surface area contributed by atoms with E-state index in [4.69, 9.17) is 15.7 Å². The average Bonchev–Trinajstić information content (AvgIpc) is 2.05. The molecule has 62 valence electrons. The van der Waals surface area contributed by atoms with E-state index in [2.05, 4.69) is 4.79 Å². The number of allylic oxidation sites excluding steroid dienone is 2. The minimum atomic E-state index is -1.25. The molecular formula is C7H6N2O3. The van der Waals surface area contributed by atoms with Crippen LogP contribution in [-0.2, 0) is 4.79 Å². The fourth-order valence-corrected chi connectivity index (χ4v) is 0.852. The van der Waals surface area contributed by atoms with Crippen molar-refractivity contribution >= 4 is 11.7 Å². The van der Waals surface area contributed by atoms with Gasteiger partial charge in [-0.15, -0.1) is 0 Å². The van der Waals surface area contributed by atoms with Crippen LogP contribution >= 0.6 is 0 Å². The Kier molecular flexibility index (Phi) is 2.07. The summed E-state index contributed by atoms with van der Waals surface area (Å²) >= 11 is 0. The molecule has 0 amide bonds. The van der Waals surface area contributed by atoms with Gasteiger partial charge in [0, 0.05) is 6.08 Å². The van der Waals surface area contributed by atoms with Crippen molar-refractivity contribution in [2.24, 2.45) is 0 Å². The normalized spacial score (nSPS) is 16.2. The Bertz CT molecular complexity index is 335. The third kappa shape index (κ3) is 1.41. The number of aliphatic hydroxyl groups is 1. The van der Waals surface area contributed by atoms with Gasteiger partial charge < -0.3 is 15.7 Å². The number of aliphatic carboxylic acids is 1. The topological polar surface area (TPSA) is 93.9 Å². The Labute approximate surface area is 67.9 Å². The van der Waals surface area contributed by atoms with Gasteiger partial charge in [-0.3, -0.25) is 0 Å². The summed E-state index contributed by atoms with van der Waals surface area (Å²) in [5, 5.41) is 17.5. The number of carboxylic acids is 1. The molecular weight excluding hydrogens is 160 g/mol. The molecule has 0 spiro atoms. The third-order valence-corrected chi connectivity index (χ3v) is 1.45. The summed E-state index contributed by atoms with van der Waals surface area (Å²) in [7, 11) is 0. The number of nitrogens with zero attached hydrogens (tertiary/aromatic N) is 2. The zero-order valence-corrected chi connectivity index (χ0v) is 6.06. The van der Waals surface area contributed by atoms with Gasteiger partial charge in [0.05, 0.1) is 6.42 Å². The van der Waals surface area contributed by atoms with Crippen LogP contribution in [0.25, 0.3) is 5.53 Å². The number of hydrogen-bond acceptors (Lipinski definition) is 2. The first-order chi connectivity index (χ1) is 5.65. The quantitative estimate of drug-likeness (QED) is 0.439. The lowest BCUT2D eigenvalue weighted by Gasteiger charge is -2.02. The van der Waals surface area contributed by atoms with Gasteiger partial charge in [-0.2, -0.15) is 4.79 Å². The van der Waals surface area contributed by atoms with Crippen LogP contribution in [0.4, 0.5) is 0 Å². The van der Waals surface area contributed by atoms with Gasteiger partial charge in [-0.1, -0.05) is 0 Å². The van der Waals surface area contributed by atoms with Gasteiger partial charge in [0.1, 0.15) is 11.3 Å². The van der Waals surface area contributed by atoms with Gasteiger partial charge in [0.2, 0.25) is 0 Å². The summed E-state index contributed by atoms with van der Waals surface area (Å²) in [4.78, 5) is 13.3. The molecule has 0 saturated heterocycles. The number of rotatable bonds is 1. The van der Waals surface area contributed by atoms with Gasteiger partial charge in [-0.25, -0.2) is 4.79 Å². The van der Waals surface area contributed by atoms with Crippen LogP contribution in [0.2, 0.25) is 0 Å². The fraction of sp³-hybridized carbons (Fsp3) is 0.143. The monoisotopic (exact) mass is 166 g/mol. The molecule has 0 heterocycles. The molecule has 12 heavy (non-hydrogen) atoms. The maximum atomic E-state index is 10.4. The van der Waals surface area contributed by atoms with Crippen molar-refractivity contribution < 1.29 is 19.8 Å². The molecule has 1 aliphatic rings. The summed E-state index contributed by atoms with van der Waals surface area (Å²) in [6.07, 6.45) is 2.63. The van der Waals surface area contributed by atoms with Crippen LogP contribution in [0.1, 0.15) is 6.42 Å². The smallest absolute Gasteiger partial charge is 0.339 e. The van der Waals surface area contributed by atoms with Crippen LogP contribution in [0, 0.1) is 0 Å². The second kappa shape index (κ2) is 3.02. The van der Waals surface area contributed by atoms with Gasteiger partial charge in [0.25, 0.3) is 5.71 Å². The second-order valence-corrected chi connectivity index (χ2v) is 2.25. The number of aliphatic hydroxyl groups excluding tert-OH is 1. The molecule has 5 nitrogen and oxygen atoms in total. The standard InChI is InChI=1S/C7H6N2O3/c8-9-4-1-2-6(10)5(3-4)7(11)12/h2-3,10H,1H2,(H,11,12). The van der Waals surface area contributed by atoms with Crippen LogP contribution in [0.3, 0.4) is 0 Å². The predicted molar refractivity (Wildman–Crippen MR) is 39.7 cm³/mol. The van der Waals surface area contributed by atoms with Crippen LogP contribution < -0.4 is 0 Å². The lowest BCUT2D eigenvalue weighted by Crippen LogP contribution is -2.11. The Hall–Kier alpha value is -1.87. The highest BCUT2D eigenvalue weighted by molar-refractivity contribution is 6.03. The van der Waals surface area contributed by atoms with Gasteiger partial charge >= 0.3 is 5.97 Å². The molecule has 0 aliphatic heterocycles. The van der Waals surface area contributed by atoms with Crippen LogP contribution in [0.5, 0.6) is 0 Å². The number of carboxylic acid groups (broad SMARTS) is 1. The first-order valence-electron chi connectivity index (χ1n) is 3.20. The van der Waals surface area contributed by atoms with E-state index in [1.165, 1.54) is 6.08 Å². The third-order valence-electron chi connectivity index (χ3n) is 1.45. The molecule has 0 aromatic heterocycles. The molecule has 0 aromatic carbocycles. The van der Waals surface area contributed by atoms with Crippen LogP contribution in [-0.4, -0.2) is 26.7 Å². The van der Waals surface area contributed by atoms with Crippen molar-refractivity contribution in [2.75, 3.05) is 0 Å². The average molecular weight is 166 g/mol. The molecule has 2 N–H and O–H groups in total. The molecule has 0 unspecified atom stereocenters. The van der Waals surface area contributed by atoms with Crippen molar-refractivity contribution in [3.8, 4) is 0 Å². The minimum absolute atomic E-state index is 0.213. The number of hydrogen-bond donors (Lipinski definition) is 2. The largest absolute Gasteiger partial charge is 0.507 e. The number of carbonyl (C=O) groups is 1. The van der Waals surface area contributed by atoms with Crippen molar-refractivity contribution in [2.45, 2.75) is 6.42 Å². The van der Waals surface area contributed by atoms with E-state index < -0.39 is 5.97 Å². The highest BCUT2D eigenvalue weighted by Crippen LogP contribution is 2.13. The molecule has 5 heteroatoms. The lowest BCUT2D eigenvalue weighted by molar-refractivity contribution is -0.132. The van der Waals surface area contributed by atoms with E-state index in [-0.39, 0.29) is 23.5 Å². The Morgan fingerprint density at radius 3 is 2.83 bits per heavy atom. The van der Waals surface area contributed by atoms with Crippen molar-refractivity contribution in [3.05, 3.63) is 29.0 Å². The summed E-state index contributed by atoms with van der Waals surface area (Å²) in [5.74, 6) is -1.54. The Morgan fingerprint density at radius 2 is 2.33 bits per heavy atom. The zero-order chi connectivity index (χ0) is 9.14. The fourth-order valence-electron chi connectivity index (χ4n) is 0.852. The van der Waals surface area contributed by atoms with Crippen LogP contribution in [0.15, 0.2) is 23.5 Å². The zero-order valence-electron chi connectivity index (χ0n) is 6.06. The van der Waals surface area contributed by atoms with Crippen molar-refractivity contribution in [3.63, 3.8) is 0 Å². The molecule has 1 aliphatic carbocycles. The van der Waals surface area contributed by atoms with E-state index in [0.29, 0.717) is 0 Å². The summed E-state index contributed by atoms with van der Waals surface area (Å²) in [6, 6.07) is 0. The lowest BCUT2D eigenvalue weighted by atomic mass is 10.0. The summed E-state index contributed by atoms with van der Waals surface area (Å²) in [6.45, 7) is 0. The molecule has 0 atom stereocenters. The first kappa shape index (κ1) is 8.23. The molecule has 0 fully saturated rings. The maximum Gasteiger partial charge on any atom is 0.339 e. The molecule has 0 aromatic rings. The molecule has 0 radical (unpaired) electrons. The molecule has 0 bridgehead atoms. The van der Waals surface area contributed by atoms with E-state index in [9.17, 15) is 4.79 Å². The minimum Gasteiger partial charge on any atom is -0.507 e. The maximum absolute atomic E-state index is 10.4. The van der Waals surface area contributed by atoms with E-state index in [0.717, 1.165) is 6.08 Å². The van der Waals surface area contributed by atoms with Crippen molar-refractivity contribution in [1.82, 2.24) is 0 Å². The summed E-state index contributed by atoms with van der Waals surface area (Å²) < 4.78 is 0. The van der Waals surface area contributed by atoms with Gasteiger partial charge in [0.15, 0.2) is 0 Å². The first-order valence-corrected chi connectivity index (χ1v) is 3.20. The van der Waals surface area contributed by atoms with E-state index >= 15 is 0 Å². The SMILES string of the molecule is [N-]=[N+]=C1C=C(C(=O)O)C(O)=CC1. The summed E-state index contributed by atoms with van der Waals surface area (Å²) in [5.41, 5.74) is 8.27. The highest BCUT2D eigenvalue weighted by Gasteiger charge is 2.20. The van der Waals surface area contributed by atoms with Gasteiger partial charge in [-0.05, 0) is 6.08 Å². The van der Waals surface area contributed by atoms with E-state index in [1.807, 2.05) is 0 Å². The second-order valence-electron chi connectivity index (χ2n) is 2.25. The Morgan fingerprint density at radius 1 is 1.67 bits per heavy atom. The molecule has 0 saturated carbocycles. The van der Waals surface area contributed by atoms with Crippen molar-refractivity contribution in [1.29, 1.82) is 0 Å².